The van der Waals surface area contributed by atoms with Gasteiger partial charge in [-0.05, 0) is 40.4 Å². The van der Waals surface area contributed by atoms with Crippen LogP contribution < -0.4 is 5.73 Å². The third-order valence-electron chi connectivity index (χ3n) is 3.19. The monoisotopic (exact) mass is 307 g/mol. The number of aromatic nitrogens is 2. The van der Waals surface area contributed by atoms with Crippen LogP contribution in [0, 0.1) is 6.92 Å². The van der Waals surface area contributed by atoms with Gasteiger partial charge < -0.3 is 10.3 Å². The average Bonchev–Trinajstić information content (AvgIpc) is 2.57. The molecular weight excluding hydrogens is 290 g/mol. The van der Waals surface area contributed by atoms with Gasteiger partial charge in [-0.25, -0.2) is 4.98 Å². The largest absolute Gasteiger partial charge is 0.383 e. The Morgan fingerprint density at radius 3 is 2.72 bits per heavy atom. The minimum absolute atomic E-state index is 0.506. The molecule has 18 heavy (non-hydrogen) atoms. The highest BCUT2D eigenvalue weighted by Crippen LogP contribution is 2.30. The maximum absolute atomic E-state index is 5.89. The Morgan fingerprint density at radius 2 is 2.17 bits per heavy atom. The number of nitrogens with two attached hydrogens (primary N) is 1. The lowest BCUT2D eigenvalue weighted by Gasteiger charge is -2.10. The van der Waals surface area contributed by atoms with Crippen LogP contribution in [-0.2, 0) is 6.54 Å². The molecule has 0 bridgehead atoms. The van der Waals surface area contributed by atoms with Crippen LogP contribution in [0.15, 0.2) is 29.0 Å². The van der Waals surface area contributed by atoms with Crippen LogP contribution in [-0.4, -0.2) is 9.55 Å². The van der Waals surface area contributed by atoms with Crippen LogP contribution in [0.5, 0.6) is 0 Å². The number of anilines is 1. The van der Waals surface area contributed by atoms with E-state index in [0.717, 1.165) is 16.6 Å². The number of nitrogen functional groups attached to an aromatic ring is 1. The minimum atomic E-state index is 0.506. The first-order valence-corrected chi connectivity index (χ1v) is 6.84. The first kappa shape index (κ1) is 13.1. The smallest absolute Gasteiger partial charge is 0.128 e. The van der Waals surface area contributed by atoms with Gasteiger partial charge in [0.1, 0.15) is 5.82 Å². The molecule has 0 aliphatic rings. The van der Waals surface area contributed by atoms with E-state index < -0.39 is 0 Å². The molecule has 0 amide bonds. The number of hydrogen-bond donors (Lipinski definition) is 1. The maximum Gasteiger partial charge on any atom is 0.128 e. The molecule has 2 aromatic heterocycles. The van der Waals surface area contributed by atoms with Gasteiger partial charge in [0.05, 0.1) is 6.54 Å². The Bertz CT molecular complexity index is 558. The van der Waals surface area contributed by atoms with E-state index >= 15 is 0 Å². The first-order valence-electron chi connectivity index (χ1n) is 6.05. The molecule has 0 aromatic carbocycles. The topological polar surface area (TPSA) is 43.8 Å². The van der Waals surface area contributed by atoms with Crippen molar-refractivity contribution in [3.8, 4) is 0 Å². The highest BCUT2D eigenvalue weighted by atomic mass is 79.9. The quantitative estimate of drug-likeness (QED) is 0.939. The lowest BCUT2D eigenvalue weighted by Crippen LogP contribution is -2.05. The summed E-state index contributed by atoms with van der Waals surface area (Å²) >= 11 is 3.63. The molecule has 96 valence electrons. The van der Waals surface area contributed by atoms with E-state index in [-0.39, 0.29) is 0 Å². The van der Waals surface area contributed by atoms with E-state index in [9.17, 15) is 0 Å². The fourth-order valence-electron chi connectivity index (χ4n) is 2.26. The normalized spacial score (nSPS) is 11.2. The number of hydrogen-bond acceptors (Lipinski definition) is 2. The van der Waals surface area contributed by atoms with Gasteiger partial charge in [-0.3, -0.25) is 0 Å². The van der Waals surface area contributed by atoms with Gasteiger partial charge in [0, 0.05) is 28.1 Å². The molecular formula is C14H18BrN3. The van der Waals surface area contributed by atoms with Gasteiger partial charge in [0.25, 0.3) is 0 Å². The van der Waals surface area contributed by atoms with Crippen molar-refractivity contribution in [1.82, 2.24) is 9.55 Å². The van der Waals surface area contributed by atoms with Crippen molar-refractivity contribution in [2.75, 3.05) is 5.73 Å². The van der Waals surface area contributed by atoms with Gasteiger partial charge in [-0.1, -0.05) is 19.9 Å². The zero-order chi connectivity index (χ0) is 13.3. The second kappa shape index (κ2) is 5.14. The third-order valence-corrected chi connectivity index (χ3v) is 3.82. The molecule has 4 heteroatoms. The van der Waals surface area contributed by atoms with Crippen molar-refractivity contribution in [1.29, 1.82) is 0 Å². The van der Waals surface area contributed by atoms with Gasteiger partial charge in [0.15, 0.2) is 0 Å². The molecule has 0 saturated carbocycles. The summed E-state index contributed by atoms with van der Waals surface area (Å²) in [6, 6.07) is 3.94. The molecule has 2 rings (SSSR count). The molecule has 0 saturated heterocycles. The summed E-state index contributed by atoms with van der Waals surface area (Å²) in [6.07, 6.45) is 3.84. The molecule has 0 fully saturated rings. The summed E-state index contributed by atoms with van der Waals surface area (Å²) in [5, 5.41) is 0. The van der Waals surface area contributed by atoms with Gasteiger partial charge in [-0.15, -0.1) is 0 Å². The zero-order valence-corrected chi connectivity index (χ0v) is 12.5. The Hall–Kier alpha value is -1.29. The van der Waals surface area contributed by atoms with Crippen LogP contribution in [0.2, 0.25) is 0 Å². The van der Waals surface area contributed by atoms with Crippen LogP contribution in [0.3, 0.4) is 0 Å². The summed E-state index contributed by atoms with van der Waals surface area (Å²) in [4.78, 5) is 4.12. The Balaban J connectivity index is 2.36. The third kappa shape index (κ3) is 2.43. The van der Waals surface area contributed by atoms with E-state index in [1.54, 1.807) is 6.20 Å². The predicted octanol–water partition coefficient (Wildman–Crippen LogP) is 3.71. The molecule has 0 aliphatic carbocycles. The molecule has 2 heterocycles. The maximum atomic E-state index is 5.89. The van der Waals surface area contributed by atoms with Gasteiger partial charge in [-0.2, -0.15) is 0 Å². The summed E-state index contributed by atoms with van der Waals surface area (Å²) < 4.78 is 3.38. The predicted molar refractivity (Wildman–Crippen MR) is 78.7 cm³/mol. The molecule has 0 unspecified atom stereocenters. The van der Waals surface area contributed by atoms with E-state index in [0.29, 0.717) is 11.7 Å². The fourth-order valence-corrected chi connectivity index (χ4v) is 3.25. The highest BCUT2D eigenvalue weighted by Gasteiger charge is 2.14. The number of rotatable bonds is 3. The summed E-state index contributed by atoms with van der Waals surface area (Å²) in [6.45, 7) is 7.31. The van der Waals surface area contributed by atoms with Crippen molar-refractivity contribution in [2.24, 2.45) is 0 Å². The first-order chi connectivity index (χ1) is 8.50. The van der Waals surface area contributed by atoms with Crippen molar-refractivity contribution in [2.45, 2.75) is 33.2 Å². The van der Waals surface area contributed by atoms with Crippen LogP contribution in [0.1, 0.15) is 36.6 Å². The molecule has 0 aliphatic heterocycles. The second-order valence-corrected chi connectivity index (χ2v) is 5.66. The molecule has 0 atom stereocenters. The molecule has 2 aromatic rings. The zero-order valence-electron chi connectivity index (χ0n) is 10.9. The number of pyridine rings is 1. The summed E-state index contributed by atoms with van der Waals surface area (Å²) in [7, 11) is 0. The lowest BCUT2D eigenvalue weighted by atomic mass is 10.0. The van der Waals surface area contributed by atoms with Gasteiger partial charge >= 0.3 is 0 Å². The highest BCUT2D eigenvalue weighted by molar-refractivity contribution is 9.10. The standard InChI is InChI=1S/C14H18BrN3/c1-9(2)13-10(3)18(8-12(13)15)7-11-5-4-6-17-14(11)16/h4-6,8-9H,7H2,1-3H3,(H2,16,17). The summed E-state index contributed by atoms with van der Waals surface area (Å²) in [5.74, 6) is 1.11. The number of halogens is 1. The van der Waals surface area contributed by atoms with Crippen LogP contribution in [0.25, 0.3) is 0 Å². The Labute approximate surface area is 116 Å². The fraction of sp³-hybridized carbons (Fsp3) is 0.357. The van der Waals surface area contributed by atoms with Crippen LogP contribution in [0.4, 0.5) is 5.82 Å². The lowest BCUT2D eigenvalue weighted by molar-refractivity contribution is 0.755. The van der Waals surface area contributed by atoms with Crippen molar-refractivity contribution >= 4 is 21.7 Å². The molecule has 0 radical (unpaired) electrons. The van der Waals surface area contributed by atoms with E-state index in [1.807, 2.05) is 12.1 Å². The van der Waals surface area contributed by atoms with Crippen molar-refractivity contribution in [3.63, 3.8) is 0 Å². The Morgan fingerprint density at radius 1 is 1.44 bits per heavy atom. The summed E-state index contributed by atoms with van der Waals surface area (Å²) in [5.41, 5.74) is 9.58. The van der Waals surface area contributed by atoms with Gasteiger partial charge in [0.2, 0.25) is 0 Å². The van der Waals surface area contributed by atoms with E-state index in [2.05, 4.69) is 52.4 Å². The SMILES string of the molecule is Cc1c(C(C)C)c(Br)cn1Cc1cccnc1N. The average molecular weight is 308 g/mol. The van der Waals surface area contributed by atoms with Crippen molar-refractivity contribution in [3.05, 3.63) is 45.8 Å². The molecule has 0 spiro atoms. The number of nitrogens with zero attached hydrogens (tertiary/aromatic N) is 2. The molecule has 3 nitrogen and oxygen atoms in total. The van der Waals surface area contributed by atoms with Crippen LogP contribution >= 0.6 is 15.9 Å². The van der Waals surface area contributed by atoms with Crippen molar-refractivity contribution < 1.29 is 0 Å². The van der Waals surface area contributed by atoms with E-state index in [1.165, 1.54) is 11.3 Å². The van der Waals surface area contributed by atoms with E-state index in [4.69, 9.17) is 5.73 Å². The minimum Gasteiger partial charge on any atom is -0.383 e. The Kier molecular flexibility index (Phi) is 3.76. The molecule has 2 N–H and O–H groups in total. The second-order valence-electron chi connectivity index (χ2n) is 4.81.